The summed E-state index contributed by atoms with van der Waals surface area (Å²) in [7, 11) is 0. The molecule has 2 N–H and O–H groups in total. The summed E-state index contributed by atoms with van der Waals surface area (Å²) in [6.45, 7) is 10.6. The minimum absolute atomic E-state index is 0.00469. The highest BCUT2D eigenvalue weighted by Gasteiger charge is 2.41. The van der Waals surface area contributed by atoms with Crippen LogP contribution in [0.15, 0.2) is 0 Å². The van der Waals surface area contributed by atoms with E-state index in [9.17, 15) is 4.79 Å². The lowest BCUT2D eigenvalue weighted by atomic mass is 9.75. The first-order chi connectivity index (χ1) is 9.08. The second-order valence-corrected chi connectivity index (χ2v) is 6.11. The predicted octanol–water partition coefficient (Wildman–Crippen LogP) is 3.24. The van der Waals surface area contributed by atoms with E-state index >= 15 is 0 Å². The van der Waals surface area contributed by atoms with Gasteiger partial charge in [0.15, 0.2) is 0 Å². The number of amides is 1. The van der Waals surface area contributed by atoms with E-state index < -0.39 is 0 Å². The zero-order chi connectivity index (χ0) is 14.4. The number of hydrogen-bond donors (Lipinski definition) is 2. The summed E-state index contributed by atoms with van der Waals surface area (Å²) < 4.78 is 0. The maximum Gasteiger partial charge on any atom is 0.227 e. The number of rotatable bonds is 7. The van der Waals surface area contributed by atoms with Crippen LogP contribution in [0.5, 0.6) is 0 Å². The van der Waals surface area contributed by atoms with Gasteiger partial charge in [0.25, 0.3) is 0 Å². The average molecular weight is 268 g/mol. The molecule has 0 aromatic rings. The first-order valence-corrected chi connectivity index (χ1v) is 8.11. The zero-order valence-corrected chi connectivity index (χ0v) is 13.3. The lowest BCUT2D eigenvalue weighted by molar-refractivity contribution is -0.135. The second-order valence-electron chi connectivity index (χ2n) is 6.11. The standard InChI is InChI=1S/C16H32N2O/c1-5-10-15(11-9-12-17-13-15)14(19)18-16(6-2,7-3)8-4/h17H,5-13H2,1-4H3,(H,18,19). The van der Waals surface area contributed by atoms with Crippen LogP contribution >= 0.6 is 0 Å². The van der Waals surface area contributed by atoms with Crippen LogP contribution in [0.4, 0.5) is 0 Å². The van der Waals surface area contributed by atoms with Crippen LogP contribution in [0.3, 0.4) is 0 Å². The first-order valence-electron chi connectivity index (χ1n) is 8.11. The molecule has 1 aliphatic rings. The predicted molar refractivity (Wildman–Crippen MR) is 81.2 cm³/mol. The van der Waals surface area contributed by atoms with Crippen LogP contribution < -0.4 is 10.6 Å². The molecule has 1 amide bonds. The first kappa shape index (κ1) is 16.5. The van der Waals surface area contributed by atoms with Gasteiger partial charge in [-0.05, 0) is 45.1 Å². The number of nitrogens with one attached hydrogen (secondary N) is 2. The Labute approximate surface area is 118 Å². The largest absolute Gasteiger partial charge is 0.350 e. The van der Waals surface area contributed by atoms with Gasteiger partial charge < -0.3 is 10.6 Å². The molecule has 0 aromatic heterocycles. The molecule has 0 saturated carbocycles. The van der Waals surface area contributed by atoms with Crippen molar-refractivity contribution in [2.75, 3.05) is 13.1 Å². The maximum absolute atomic E-state index is 12.9. The second kappa shape index (κ2) is 7.28. The van der Waals surface area contributed by atoms with Gasteiger partial charge in [0.2, 0.25) is 5.91 Å². The SMILES string of the molecule is CCCC1(C(=O)NC(CC)(CC)CC)CCCNC1. The van der Waals surface area contributed by atoms with Gasteiger partial charge in [0, 0.05) is 12.1 Å². The molecule has 1 atom stereocenters. The highest BCUT2D eigenvalue weighted by atomic mass is 16.2. The number of carbonyl (C=O) groups excluding carboxylic acids is 1. The maximum atomic E-state index is 12.9. The lowest BCUT2D eigenvalue weighted by Crippen LogP contribution is -2.57. The van der Waals surface area contributed by atoms with Gasteiger partial charge in [-0.15, -0.1) is 0 Å². The van der Waals surface area contributed by atoms with E-state index in [1.54, 1.807) is 0 Å². The van der Waals surface area contributed by atoms with E-state index in [-0.39, 0.29) is 16.9 Å². The quantitative estimate of drug-likeness (QED) is 0.744. The molecule has 1 saturated heterocycles. The average Bonchev–Trinajstić information content (AvgIpc) is 2.46. The van der Waals surface area contributed by atoms with Crippen LogP contribution in [-0.4, -0.2) is 24.5 Å². The molecule has 1 heterocycles. The van der Waals surface area contributed by atoms with Crippen molar-refractivity contribution < 1.29 is 4.79 Å². The summed E-state index contributed by atoms with van der Waals surface area (Å²) in [5, 5.41) is 6.82. The summed E-state index contributed by atoms with van der Waals surface area (Å²) >= 11 is 0. The Morgan fingerprint density at radius 2 is 1.84 bits per heavy atom. The minimum Gasteiger partial charge on any atom is -0.350 e. The van der Waals surface area contributed by atoms with Gasteiger partial charge in [0.1, 0.15) is 0 Å². The van der Waals surface area contributed by atoms with E-state index in [1.165, 1.54) is 0 Å². The number of hydrogen-bond acceptors (Lipinski definition) is 2. The van der Waals surface area contributed by atoms with E-state index in [0.29, 0.717) is 0 Å². The van der Waals surface area contributed by atoms with Crippen LogP contribution in [0.2, 0.25) is 0 Å². The molecule has 0 spiro atoms. The summed E-state index contributed by atoms with van der Waals surface area (Å²) in [4.78, 5) is 12.9. The van der Waals surface area contributed by atoms with Crippen LogP contribution in [-0.2, 0) is 4.79 Å². The molecule has 112 valence electrons. The summed E-state index contributed by atoms with van der Waals surface area (Å²) in [6, 6.07) is 0. The van der Waals surface area contributed by atoms with Crippen molar-refractivity contribution in [2.45, 2.75) is 78.2 Å². The van der Waals surface area contributed by atoms with E-state index in [2.05, 4.69) is 38.3 Å². The molecule has 3 nitrogen and oxygen atoms in total. The fourth-order valence-electron chi connectivity index (χ4n) is 3.36. The molecule has 19 heavy (non-hydrogen) atoms. The lowest BCUT2D eigenvalue weighted by Gasteiger charge is -2.41. The van der Waals surface area contributed by atoms with Crippen molar-refractivity contribution in [1.29, 1.82) is 0 Å². The Hall–Kier alpha value is -0.570. The molecule has 3 heteroatoms. The molecule has 1 fully saturated rings. The Balaban J connectivity index is 2.82. The monoisotopic (exact) mass is 268 g/mol. The zero-order valence-electron chi connectivity index (χ0n) is 13.3. The van der Waals surface area contributed by atoms with Crippen molar-refractivity contribution >= 4 is 5.91 Å². The van der Waals surface area contributed by atoms with Crippen LogP contribution in [0.1, 0.15) is 72.6 Å². The third kappa shape index (κ3) is 3.71. The Morgan fingerprint density at radius 1 is 1.21 bits per heavy atom. The van der Waals surface area contributed by atoms with Gasteiger partial charge in [-0.1, -0.05) is 34.1 Å². The van der Waals surface area contributed by atoms with Crippen molar-refractivity contribution in [3.8, 4) is 0 Å². The molecule has 0 aliphatic carbocycles. The smallest absolute Gasteiger partial charge is 0.227 e. The molecule has 1 rings (SSSR count). The van der Waals surface area contributed by atoms with Crippen molar-refractivity contribution in [3.05, 3.63) is 0 Å². The fourth-order valence-corrected chi connectivity index (χ4v) is 3.36. The van der Waals surface area contributed by atoms with Gasteiger partial charge in [-0.25, -0.2) is 0 Å². The molecule has 1 aliphatic heterocycles. The van der Waals surface area contributed by atoms with Gasteiger partial charge in [-0.3, -0.25) is 4.79 Å². The molecular weight excluding hydrogens is 236 g/mol. The molecule has 1 unspecified atom stereocenters. The van der Waals surface area contributed by atoms with Crippen molar-refractivity contribution in [2.24, 2.45) is 5.41 Å². The van der Waals surface area contributed by atoms with Crippen LogP contribution in [0, 0.1) is 5.41 Å². The summed E-state index contributed by atoms with van der Waals surface area (Å²) in [5.74, 6) is 0.284. The highest BCUT2D eigenvalue weighted by molar-refractivity contribution is 5.83. The Kier molecular flexibility index (Phi) is 6.31. The Bertz CT molecular complexity index is 265. The molecule has 0 aromatic carbocycles. The fraction of sp³-hybridized carbons (Fsp3) is 0.938. The third-order valence-corrected chi connectivity index (χ3v) is 5.09. The van der Waals surface area contributed by atoms with Crippen LogP contribution in [0.25, 0.3) is 0 Å². The topological polar surface area (TPSA) is 41.1 Å². The van der Waals surface area contributed by atoms with E-state index in [0.717, 1.165) is 58.0 Å². The van der Waals surface area contributed by atoms with Crippen molar-refractivity contribution in [3.63, 3.8) is 0 Å². The van der Waals surface area contributed by atoms with Gasteiger partial charge >= 0.3 is 0 Å². The number of piperidine rings is 1. The molecular formula is C16H32N2O. The van der Waals surface area contributed by atoms with E-state index in [4.69, 9.17) is 0 Å². The molecule has 0 radical (unpaired) electrons. The van der Waals surface area contributed by atoms with Gasteiger partial charge in [0.05, 0.1) is 5.41 Å². The van der Waals surface area contributed by atoms with Crippen molar-refractivity contribution in [1.82, 2.24) is 10.6 Å². The minimum atomic E-state index is -0.169. The highest BCUT2D eigenvalue weighted by Crippen LogP contribution is 2.33. The number of carbonyl (C=O) groups is 1. The normalized spacial score (nSPS) is 24.2. The summed E-state index contributed by atoms with van der Waals surface area (Å²) in [6.07, 6.45) is 7.27. The summed E-state index contributed by atoms with van der Waals surface area (Å²) in [5.41, 5.74) is -0.174. The molecule has 0 bridgehead atoms. The Morgan fingerprint density at radius 3 is 2.26 bits per heavy atom. The third-order valence-electron chi connectivity index (χ3n) is 5.09. The van der Waals surface area contributed by atoms with E-state index in [1.807, 2.05) is 0 Å². The van der Waals surface area contributed by atoms with Gasteiger partial charge in [-0.2, -0.15) is 0 Å².